The minimum atomic E-state index is 0. The molecule has 0 saturated carbocycles. The molecule has 0 bridgehead atoms. The van der Waals surface area contributed by atoms with Crippen molar-refractivity contribution in [3.05, 3.63) is 5.92 Å². The van der Waals surface area contributed by atoms with Gasteiger partial charge >= 0.3 is 0 Å². The fraction of sp³-hybridized carbons (Fsp3) is 0.800. The van der Waals surface area contributed by atoms with E-state index in [0.29, 0.717) is 0 Å². The molecule has 0 N–H and O–H groups in total. The smallest absolute Gasteiger partial charge is 0 e. The summed E-state index contributed by atoms with van der Waals surface area (Å²) in [6.45, 7) is 4.64. The normalized spacial score (nSPS) is 23.1. The van der Waals surface area contributed by atoms with Crippen molar-refractivity contribution >= 4 is 0 Å². The summed E-state index contributed by atoms with van der Waals surface area (Å²) in [6.07, 6.45) is 0. The Morgan fingerprint density at radius 2 is 1.86 bits per heavy atom. The summed E-state index contributed by atoms with van der Waals surface area (Å²) in [7, 11) is 2.13. The van der Waals surface area contributed by atoms with Crippen molar-refractivity contribution in [2.24, 2.45) is 0 Å². The zero-order valence-electron chi connectivity index (χ0n) is 4.94. The Hall–Kier alpha value is 1.06. The fourth-order valence-electron chi connectivity index (χ4n) is 0.875. The maximum absolute atomic E-state index is 2.29. The third-order valence-electron chi connectivity index (χ3n) is 1.08. The van der Waals surface area contributed by atoms with E-state index >= 15 is 0 Å². The Labute approximate surface area is 70.3 Å². The van der Waals surface area contributed by atoms with Gasteiger partial charge in [0, 0.05) is 32.7 Å². The van der Waals surface area contributed by atoms with E-state index < -0.39 is 0 Å². The molecule has 0 aromatic carbocycles. The first-order valence-corrected chi connectivity index (χ1v) is 2.29. The monoisotopic (exact) mass is 173 g/mol. The Balaban J connectivity index is 0.000000360. The SMILES string of the molecule is C[C-]1CN(C)C1.[Y]. The van der Waals surface area contributed by atoms with Gasteiger partial charge in [-0.1, -0.05) is 0 Å². The molecule has 0 aliphatic carbocycles. The quantitative estimate of drug-likeness (QED) is 0.483. The van der Waals surface area contributed by atoms with Gasteiger partial charge in [0.2, 0.25) is 0 Å². The Morgan fingerprint density at radius 1 is 1.43 bits per heavy atom. The minimum Gasteiger partial charge on any atom is -0.365 e. The molecular formula is C5H10NY-. The third-order valence-corrected chi connectivity index (χ3v) is 1.08. The van der Waals surface area contributed by atoms with Crippen molar-refractivity contribution in [1.29, 1.82) is 0 Å². The first-order valence-electron chi connectivity index (χ1n) is 2.29. The Bertz CT molecular complexity index is 44.0. The van der Waals surface area contributed by atoms with Crippen molar-refractivity contribution < 1.29 is 32.7 Å². The zero-order valence-corrected chi connectivity index (χ0v) is 7.78. The van der Waals surface area contributed by atoms with Gasteiger partial charge in [-0.15, -0.1) is 13.1 Å². The standard InChI is InChI=1S/C5H10N.Y/c1-5-3-6(2)4-5;/h3-4H2,1-2H3;/q-1;. The summed E-state index contributed by atoms with van der Waals surface area (Å²) in [5.41, 5.74) is 0. The van der Waals surface area contributed by atoms with Crippen LogP contribution in [0.15, 0.2) is 0 Å². The van der Waals surface area contributed by atoms with E-state index in [4.69, 9.17) is 0 Å². The summed E-state index contributed by atoms with van der Waals surface area (Å²) in [5, 5.41) is 0. The van der Waals surface area contributed by atoms with Crippen LogP contribution in [0.25, 0.3) is 0 Å². The molecule has 2 heteroatoms. The second-order valence-electron chi connectivity index (χ2n) is 2.13. The average Bonchev–Trinajstić information content (AvgIpc) is 1.33. The molecule has 1 rings (SSSR count). The van der Waals surface area contributed by atoms with Gasteiger partial charge in [0.1, 0.15) is 0 Å². The molecule has 1 saturated heterocycles. The predicted molar refractivity (Wildman–Crippen MR) is 26.4 cm³/mol. The molecule has 0 amide bonds. The van der Waals surface area contributed by atoms with E-state index in [1.54, 1.807) is 5.92 Å². The number of rotatable bonds is 0. The van der Waals surface area contributed by atoms with Crippen LogP contribution in [-0.4, -0.2) is 25.0 Å². The number of likely N-dealkylation sites (tertiary alicyclic amines) is 1. The van der Waals surface area contributed by atoms with Crippen LogP contribution < -0.4 is 0 Å². The molecule has 0 unspecified atom stereocenters. The predicted octanol–water partition coefficient (Wildman–Crippen LogP) is 0.524. The number of hydrogen-bond acceptors (Lipinski definition) is 1. The van der Waals surface area contributed by atoms with Gasteiger partial charge in [-0.25, -0.2) is 0 Å². The van der Waals surface area contributed by atoms with Crippen molar-refractivity contribution in [3.63, 3.8) is 0 Å². The van der Waals surface area contributed by atoms with Gasteiger partial charge in [0.25, 0.3) is 0 Å². The van der Waals surface area contributed by atoms with Gasteiger partial charge in [-0.3, -0.25) is 5.92 Å². The maximum atomic E-state index is 2.29. The van der Waals surface area contributed by atoms with Crippen LogP contribution in [-0.2, 0) is 32.7 Å². The summed E-state index contributed by atoms with van der Waals surface area (Å²) >= 11 is 0. The number of nitrogens with zero attached hydrogens (tertiary/aromatic N) is 1. The second kappa shape index (κ2) is 3.16. The Kier molecular flexibility index (Phi) is 3.64. The molecule has 1 heterocycles. The average molecular weight is 173 g/mol. The summed E-state index contributed by atoms with van der Waals surface area (Å²) in [4.78, 5) is 2.29. The van der Waals surface area contributed by atoms with Crippen LogP contribution >= 0.6 is 0 Å². The van der Waals surface area contributed by atoms with Crippen molar-refractivity contribution in [2.45, 2.75) is 6.92 Å². The molecule has 1 fully saturated rings. The molecule has 7 heavy (non-hydrogen) atoms. The van der Waals surface area contributed by atoms with Crippen LogP contribution in [0.2, 0.25) is 0 Å². The molecular weight excluding hydrogens is 163 g/mol. The molecule has 0 aromatic rings. The van der Waals surface area contributed by atoms with Crippen LogP contribution in [0.5, 0.6) is 0 Å². The Morgan fingerprint density at radius 3 is 1.86 bits per heavy atom. The molecule has 1 nitrogen and oxygen atoms in total. The molecule has 1 radical (unpaired) electrons. The second-order valence-corrected chi connectivity index (χ2v) is 2.13. The van der Waals surface area contributed by atoms with Crippen LogP contribution in [0.4, 0.5) is 0 Å². The zero-order chi connectivity index (χ0) is 4.57. The molecule has 1 aliphatic heterocycles. The van der Waals surface area contributed by atoms with Crippen LogP contribution in [0, 0.1) is 5.92 Å². The van der Waals surface area contributed by atoms with Gasteiger partial charge in [-0.05, 0) is 7.05 Å². The van der Waals surface area contributed by atoms with Gasteiger partial charge < -0.3 is 4.90 Å². The minimum absolute atomic E-state index is 0. The van der Waals surface area contributed by atoms with Crippen molar-refractivity contribution in [1.82, 2.24) is 4.90 Å². The summed E-state index contributed by atoms with van der Waals surface area (Å²) in [6, 6.07) is 0. The van der Waals surface area contributed by atoms with Crippen molar-refractivity contribution in [3.8, 4) is 0 Å². The molecule has 0 aromatic heterocycles. The van der Waals surface area contributed by atoms with Crippen LogP contribution in [0.1, 0.15) is 6.92 Å². The van der Waals surface area contributed by atoms with E-state index in [-0.39, 0.29) is 32.7 Å². The topological polar surface area (TPSA) is 3.24 Å². The number of hydrogen-bond donors (Lipinski definition) is 0. The van der Waals surface area contributed by atoms with E-state index in [9.17, 15) is 0 Å². The molecule has 0 spiro atoms. The van der Waals surface area contributed by atoms with E-state index in [1.165, 1.54) is 13.1 Å². The molecule has 39 valence electrons. The van der Waals surface area contributed by atoms with Gasteiger partial charge in [-0.2, -0.15) is 6.92 Å². The third kappa shape index (κ3) is 2.20. The fourth-order valence-corrected chi connectivity index (χ4v) is 0.875. The summed E-state index contributed by atoms with van der Waals surface area (Å²) < 4.78 is 0. The summed E-state index contributed by atoms with van der Waals surface area (Å²) in [5.74, 6) is 1.61. The first-order chi connectivity index (χ1) is 2.79. The molecule has 0 atom stereocenters. The largest absolute Gasteiger partial charge is 0.365 e. The van der Waals surface area contributed by atoms with E-state index in [2.05, 4.69) is 18.9 Å². The molecule has 1 aliphatic rings. The van der Waals surface area contributed by atoms with Crippen molar-refractivity contribution in [2.75, 3.05) is 20.1 Å². The van der Waals surface area contributed by atoms with Gasteiger partial charge in [0.05, 0.1) is 0 Å². The van der Waals surface area contributed by atoms with E-state index in [0.717, 1.165) is 0 Å². The van der Waals surface area contributed by atoms with Crippen LogP contribution in [0.3, 0.4) is 0 Å². The van der Waals surface area contributed by atoms with Gasteiger partial charge in [0.15, 0.2) is 0 Å². The maximum Gasteiger partial charge on any atom is 0 e. The van der Waals surface area contributed by atoms with E-state index in [1.807, 2.05) is 0 Å². The first kappa shape index (κ1) is 8.06.